The minimum atomic E-state index is -6.20. The first-order valence-electron chi connectivity index (χ1n) is 11.5. The molecule has 22 heteroatoms. The van der Waals surface area contributed by atoms with Crippen molar-refractivity contribution in [2.75, 3.05) is 0 Å². The standard InChI is InChI=1S/C22H17ClF6N7O6P.Ca/c23-12-7-5-11(6-8-12)18-33-35(20(38)34(18)9-15(22(27,28)29)42-43(39,40)41)10-16-31-19(17(30)37)36(32-16)14-4-2-1-3-13(14)21(24,25)26;/h1-8,15H,9-10H2,(H2,30,37)(H2,39,40,41);/q;+2/p-2/t15-;/m0./s1. The molecule has 0 fully saturated rings. The van der Waals surface area contributed by atoms with Crippen molar-refractivity contribution in [2.45, 2.75) is 31.5 Å². The summed E-state index contributed by atoms with van der Waals surface area (Å²) in [6.07, 6.45) is -13.6. The molecule has 0 aliphatic heterocycles. The van der Waals surface area contributed by atoms with Gasteiger partial charge in [0.2, 0.25) is 5.82 Å². The van der Waals surface area contributed by atoms with Gasteiger partial charge in [-0.2, -0.15) is 26.3 Å². The Morgan fingerprint density at radius 1 is 1.05 bits per heavy atom. The van der Waals surface area contributed by atoms with Gasteiger partial charge in [-0.05, 0) is 36.4 Å². The molecule has 0 spiro atoms. The van der Waals surface area contributed by atoms with Gasteiger partial charge in [-0.1, -0.05) is 23.7 Å². The second-order valence-corrected chi connectivity index (χ2v) is 10.1. The van der Waals surface area contributed by atoms with Gasteiger partial charge in [0.1, 0.15) is 6.54 Å². The SMILES string of the molecule is NC(=O)c1nc(Cn2nc(-c3ccc(Cl)cc3)n(C[C@H](OP(=O)([O-])[O-])C(F)(F)F)c2=O)nn1-c1ccccc1C(F)(F)F.[Ca+2]. The Morgan fingerprint density at radius 2 is 1.66 bits per heavy atom. The minimum Gasteiger partial charge on any atom is -0.790 e. The number of amides is 1. The number of rotatable bonds is 9. The van der Waals surface area contributed by atoms with Crippen molar-refractivity contribution in [1.82, 2.24) is 29.1 Å². The van der Waals surface area contributed by atoms with E-state index in [-0.39, 0.29) is 48.3 Å². The number of hydrogen-bond donors (Lipinski definition) is 1. The van der Waals surface area contributed by atoms with E-state index in [1.54, 1.807) is 0 Å². The molecule has 2 aromatic carbocycles. The molecular formula is C22H15CaClF6N7O6P. The maximum atomic E-state index is 13.6. The molecule has 2 heterocycles. The van der Waals surface area contributed by atoms with Crippen LogP contribution in [0.2, 0.25) is 5.02 Å². The molecule has 4 aromatic rings. The number of phosphoric ester groups is 1. The molecule has 4 rings (SSSR count). The third-order valence-electron chi connectivity index (χ3n) is 5.60. The molecule has 0 bridgehead atoms. The van der Waals surface area contributed by atoms with Gasteiger partial charge in [0.05, 0.1) is 25.6 Å². The number of alkyl halides is 6. The van der Waals surface area contributed by atoms with Gasteiger partial charge in [-0.25, -0.2) is 19.1 Å². The average molecular weight is 694 g/mol. The Balaban J connectivity index is 0.00000529. The van der Waals surface area contributed by atoms with Crippen molar-refractivity contribution in [3.05, 3.63) is 81.3 Å². The predicted octanol–water partition coefficient (Wildman–Crippen LogP) is 1.51. The van der Waals surface area contributed by atoms with E-state index in [4.69, 9.17) is 17.3 Å². The monoisotopic (exact) mass is 693 g/mol. The smallest absolute Gasteiger partial charge is 0.790 e. The topological polar surface area (TPSA) is 186 Å². The van der Waals surface area contributed by atoms with Crippen LogP contribution in [0.4, 0.5) is 26.3 Å². The van der Waals surface area contributed by atoms with Gasteiger partial charge in [0.15, 0.2) is 17.8 Å². The van der Waals surface area contributed by atoms with Crippen molar-refractivity contribution >= 4 is 63.1 Å². The zero-order chi connectivity index (χ0) is 31.9. The second kappa shape index (κ2) is 13.3. The number of nitrogens with zero attached hydrogens (tertiary/aromatic N) is 6. The van der Waals surface area contributed by atoms with Crippen LogP contribution in [0.5, 0.6) is 0 Å². The van der Waals surface area contributed by atoms with Gasteiger partial charge in [-0.3, -0.25) is 9.36 Å². The van der Waals surface area contributed by atoms with Gasteiger partial charge in [-0.15, -0.1) is 10.2 Å². The Kier molecular flexibility index (Phi) is 10.8. The van der Waals surface area contributed by atoms with Crippen molar-refractivity contribution in [2.24, 2.45) is 5.73 Å². The van der Waals surface area contributed by atoms with E-state index < -0.39 is 79.7 Å². The van der Waals surface area contributed by atoms with Gasteiger partial charge < -0.3 is 24.6 Å². The number of primary amides is 1. The molecule has 2 aromatic heterocycles. The number of halogens is 7. The number of nitrogens with two attached hydrogens (primary N) is 1. The molecule has 13 nitrogen and oxygen atoms in total. The van der Waals surface area contributed by atoms with E-state index in [0.29, 0.717) is 20.0 Å². The summed E-state index contributed by atoms with van der Waals surface area (Å²) in [5, 5.41) is 7.97. The molecule has 2 N–H and O–H groups in total. The van der Waals surface area contributed by atoms with Crippen molar-refractivity contribution in [1.29, 1.82) is 0 Å². The van der Waals surface area contributed by atoms with Crippen molar-refractivity contribution in [3.8, 4) is 17.1 Å². The predicted molar refractivity (Wildman–Crippen MR) is 135 cm³/mol. The molecule has 0 aliphatic rings. The number of carbonyl (C=O) groups is 1. The van der Waals surface area contributed by atoms with Crippen LogP contribution in [0, 0.1) is 0 Å². The molecule has 0 saturated carbocycles. The summed E-state index contributed by atoms with van der Waals surface area (Å²) < 4.78 is 97.5. The summed E-state index contributed by atoms with van der Waals surface area (Å²) in [5.41, 5.74) is 2.08. The normalized spacial score (nSPS) is 13.0. The Bertz CT molecular complexity index is 1770. The maximum Gasteiger partial charge on any atom is 2.00 e. The van der Waals surface area contributed by atoms with Crippen LogP contribution in [0.15, 0.2) is 53.3 Å². The molecule has 0 radical (unpaired) electrons. The van der Waals surface area contributed by atoms with E-state index in [9.17, 15) is 50.3 Å². The minimum absolute atomic E-state index is 0. The van der Waals surface area contributed by atoms with Crippen LogP contribution in [0.3, 0.4) is 0 Å². The van der Waals surface area contributed by atoms with Crippen LogP contribution in [0.25, 0.3) is 17.1 Å². The summed E-state index contributed by atoms with van der Waals surface area (Å²) in [5.74, 6) is -3.07. The molecule has 0 unspecified atom stereocenters. The third-order valence-corrected chi connectivity index (χ3v) is 6.36. The largest absolute Gasteiger partial charge is 2.00 e. The Morgan fingerprint density at radius 3 is 2.20 bits per heavy atom. The fourth-order valence-corrected chi connectivity index (χ4v) is 4.44. The summed E-state index contributed by atoms with van der Waals surface area (Å²) in [4.78, 5) is 51.0. The quantitative estimate of drug-likeness (QED) is 0.154. The number of hydrogen-bond acceptors (Lipinski definition) is 9. The average Bonchev–Trinajstić information content (AvgIpc) is 3.44. The fourth-order valence-electron chi connectivity index (χ4n) is 3.82. The molecular weight excluding hydrogens is 679 g/mol. The Labute approximate surface area is 276 Å². The van der Waals surface area contributed by atoms with Crippen LogP contribution >= 0.6 is 19.4 Å². The van der Waals surface area contributed by atoms with Crippen molar-refractivity contribution < 1.29 is 50.0 Å². The number of aromatic nitrogens is 6. The molecule has 1 amide bonds. The zero-order valence-electron chi connectivity index (χ0n) is 21.6. The molecule has 0 saturated heterocycles. The summed E-state index contributed by atoms with van der Waals surface area (Å²) >= 11 is 5.84. The molecule has 230 valence electrons. The first kappa shape index (κ1) is 35.7. The first-order valence-corrected chi connectivity index (χ1v) is 13.3. The number of para-hydroxylation sites is 1. The number of carbonyl (C=O) groups excluding carboxylic acids is 1. The van der Waals surface area contributed by atoms with Gasteiger partial charge in [0.25, 0.3) is 5.91 Å². The van der Waals surface area contributed by atoms with Crippen molar-refractivity contribution in [3.63, 3.8) is 0 Å². The zero-order valence-corrected chi connectivity index (χ0v) is 25.5. The van der Waals surface area contributed by atoms with Crippen LogP contribution < -0.4 is 21.2 Å². The summed E-state index contributed by atoms with van der Waals surface area (Å²) in [6, 6.07) is 9.07. The number of phosphoric acid groups is 1. The molecule has 1 atom stereocenters. The number of benzene rings is 2. The van der Waals surface area contributed by atoms with Crippen LogP contribution in [-0.2, 0) is 28.4 Å². The van der Waals surface area contributed by atoms with E-state index in [2.05, 4.69) is 19.7 Å². The van der Waals surface area contributed by atoms with E-state index >= 15 is 0 Å². The van der Waals surface area contributed by atoms with Crippen LogP contribution in [0.1, 0.15) is 22.0 Å². The summed E-state index contributed by atoms with van der Waals surface area (Å²) in [7, 11) is -6.20. The Hall–Kier alpha value is -2.77. The second-order valence-electron chi connectivity index (χ2n) is 8.61. The molecule has 44 heavy (non-hydrogen) atoms. The van der Waals surface area contributed by atoms with Crippen LogP contribution in [-0.4, -0.2) is 85.0 Å². The van der Waals surface area contributed by atoms with E-state index in [1.807, 2.05) is 0 Å². The van der Waals surface area contributed by atoms with Gasteiger partial charge >= 0.3 is 55.8 Å². The maximum absolute atomic E-state index is 13.6. The first-order chi connectivity index (χ1) is 19.8. The van der Waals surface area contributed by atoms with E-state index in [1.165, 1.54) is 30.3 Å². The molecule has 0 aliphatic carbocycles. The van der Waals surface area contributed by atoms with E-state index in [0.717, 1.165) is 12.1 Å². The third kappa shape index (κ3) is 8.28. The summed E-state index contributed by atoms with van der Waals surface area (Å²) in [6.45, 7) is -2.37. The fraction of sp³-hybridized carbons (Fsp3) is 0.227. The van der Waals surface area contributed by atoms with Gasteiger partial charge in [0, 0.05) is 10.6 Å².